The number of ether oxygens (including phenoxy) is 1. The predicted molar refractivity (Wildman–Crippen MR) is 58.0 cm³/mol. The molecule has 3 rings (SSSR count). The fourth-order valence-electron chi connectivity index (χ4n) is 2.16. The first-order valence-corrected chi connectivity index (χ1v) is 6.00. The van der Waals surface area contributed by atoms with Crippen LogP contribution >= 0.6 is 0 Å². The average molecular weight is 220 g/mol. The van der Waals surface area contributed by atoms with Crippen LogP contribution in [0.5, 0.6) is 0 Å². The van der Waals surface area contributed by atoms with Gasteiger partial charge in [-0.25, -0.2) is 0 Å². The van der Waals surface area contributed by atoms with Crippen molar-refractivity contribution in [3.63, 3.8) is 0 Å². The van der Waals surface area contributed by atoms with Gasteiger partial charge in [0.2, 0.25) is 0 Å². The molecule has 0 bridgehead atoms. The molecule has 1 aromatic rings. The van der Waals surface area contributed by atoms with Gasteiger partial charge in [-0.2, -0.15) is 5.10 Å². The maximum atomic E-state index is 11.5. The van der Waals surface area contributed by atoms with Crippen molar-refractivity contribution in [2.75, 3.05) is 6.61 Å². The van der Waals surface area contributed by atoms with Crippen LogP contribution in [0.15, 0.2) is 12.4 Å². The van der Waals surface area contributed by atoms with Gasteiger partial charge in [-0.1, -0.05) is 0 Å². The van der Waals surface area contributed by atoms with E-state index in [0.717, 1.165) is 6.42 Å². The molecule has 0 N–H and O–H groups in total. The summed E-state index contributed by atoms with van der Waals surface area (Å²) in [6.07, 6.45) is 7.42. The molecule has 2 fully saturated rings. The van der Waals surface area contributed by atoms with Crippen molar-refractivity contribution in [3.8, 4) is 0 Å². The lowest BCUT2D eigenvalue weighted by molar-refractivity contribution is -0.144. The van der Waals surface area contributed by atoms with Gasteiger partial charge in [-0.3, -0.25) is 9.48 Å². The van der Waals surface area contributed by atoms with E-state index in [1.54, 1.807) is 0 Å². The molecule has 2 saturated carbocycles. The van der Waals surface area contributed by atoms with Crippen LogP contribution in [-0.4, -0.2) is 22.4 Å². The zero-order valence-electron chi connectivity index (χ0n) is 9.43. The molecule has 0 saturated heterocycles. The molecule has 1 heterocycles. The van der Waals surface area contributed by atoms with Crippen molar-refractivity contribution in [1.82, 2.24) is 9.78 Å². The minimum absolute atomic E-state index is 0.0494. The molecular weight excluding hydrogens is 204 g/mol. The number of carbonyl (C=O) groups is 1. The summed E-state index contributed by atoms with van der Waals surface area (Å²) < 4.78 is 7.06. The third-order valence-electron chi connectivity index (χ3n) is 3.35. The van der Waals surface area contributed by atoms with Gasteiger partial charge in [0.05, 0.1) is 24.8 Å². The third kappa shape index (κ3) is 1.72. The molecule has 0 aromatic carbocycles. The highest BCUT2D eigenvalue weighted by atomic mass is 16.5. The van der Waals surface area contributed by atoms with Gasteiger partial charge in [-0.05, 0) is 31.7 Å². The molecule has 2 aliphatic carbocycles. The van der Waals surface area contributed by atoms with E-state index in [0.29, 0.717) is 18.6 Å². The molecular formula is C12H16N2O2. The van der Waals surface area contributed by atoms with Crippen molar-refractivity contribution >= 4 is 5.97 Å². The maximum absolute atomic E-state index is 11.5. The van der Waals surface area contributed by atoms with E-state index in [4.69, 9.17) is 4.74 Å². The Morgan fingerprint density at radius 1 is 1.62 bits per heavy atom. The molecule has 4 heteroatoms. The van der Waals surface area contributed by atoms with Crippen LogP contribution in [0.3, 0.4) is 0 Å². The fourth-order valence-corrected chi connectivity index (χ4v) is 2.16. The van der Waals surface area contributed by atoms with Crippen molar-refractivity contribution in [3.05, 3.63) is 18.0 Å². The Kier molecular flexibility index (Phi) is 2.23. The van der Waals surface area contributed by atoms with Gasteiger partial charge < -0.3 is 4.74 Å². The second-order valence-corrected chi connectivity index (χ2v) is 4.69. The van der Waals surface area contributed by atoms with E-state index in [1.807, 2.05) is 17.8 Å². The van der Waals surface area contributed by atoms with Crippen molar-refractivity contribution in [2.24, 2.45) is 5.92 Å². The average Bonchev–Trinajstić information content (AvgIpc) is 3.18. The quantitative estimate of drug-likeness (QED) is 0.728. The Balaban J connectivity index is 1.63. The summed E-state index contributed by atoms with van der Waals surface area (Å²) in [7, 11) is 0. The van der Waals surface area contributed by atoms with Gasteiger partial charge in [0.15, 0.2) is 0 Å². The van der Waals surface area contributed by atoms with Crippen molar-refractivity contribution in [1.29, 1.82) is 0 Å². The summed E-state index contributed by atoms with van der Waals surface area (Å²) in [6.45, 7) is 2.32. The Labute approximate surface area is 94.6 Å². The van der Waals surface area contributed by atoms with E-state index in [-0.39, 0.29) is 11.9 Å². The molecule has 16 heavy (non-hydrogen) atoms. The predicted octanol–water partition coefficient (Wildman–Crippen LogP) is 1.88. The Morgan fingerprint density at radius 3 is 3.12 bits per heavy atom. The topological polar surface area (TPSA) is 44.1 Å². The van der Waals surface area contributed by atoms with E-state index in [2.05, 4.69) is 11.3 Å². The van der Waals surface area contributed by atoms with E-state index in [9.17, 15) is 4.79 Å². The first-order valence-electron chi connectivity index (χ1n) is 6.00. The lowest BCUT2D eigenvalue weighted by atomic mass is 10.2. The van der Waals surface area contributed by atoms with Gasteiger partial charge in [-0.15, -0.1) is 0 Å². The molecule has 2 atom stereocenters. The number of esters is 1. The summed E-state index contributed by atoms with van der Waals surface area (Å²) in [5, 5.41) is 4.34. The van der Waals surface area contributed by atoms with Crippen LogP contribution in [0.4, 0.5) is 0 Å². The molecule has 1 aromatic heterocycles. The number of rotatable bonds is 4. The SMILES string of the molecule is CCOC(=O)[C@H]1C[C@@H]1c1cnn(C2CC2)c1. The Hall–Kier alpha value is -1.32. The molecule has 0 radical (unpaired) electrons. The van der Waals surface area contributed by atoms with Crippen LogP contribution in [0, 0.1) is 5.92 Å². The van der Waals surface area contributed by atoms with Crippen molar-refractivity contribution < 1.29 is 9.53 Å². The largest absolute Gasteiger partial charge is 0.466 e. The monoisotopic (exact) mass is 220 g/mol. The highest BCUT2D eigenvalue weighted by Crippen LogP contribution is 2.48. The van der Waals surface area contributed by atoms with Gasteiger partial charge in [0.25, 0.3) is 0 Å². The number of hydrogen-bond acceptors (Lipinski definition) is 3. The number of aromatic nitrogens is 2. The summed E-state index contributed by atoms with van der Waals surface area (Å²) >= 11 is 0. The molecule has 0 amide bonds. The van der Waals surface area contributed by atoms with E-state index < -0.39 is 0 Å². The van der Waals surface area contributed by atoms with Crippen LogP contribution in [0.25, 0.3) is 0 Å². The van der Waals surface area contributed by atoms with Crippen molar-refractivity contribution in [2.45, 2.75) is 38.1 Å². The second-order valence-electron chi connectivity index (χ2n) is 4.69. The lowest BCUT2D eigenvalue weighted by Crippen LogP contribution is -2.07. The normalized spacial score (nSPS) is 27.8. The number of hydrogen-bond donors (Lipinski definition) is 0. The summed E-state index contributed by atoms with van der Waals surface area (Å²) in [5.41, 5.74) is 1.20. The standard InChI is InChI=1S/C12H16N2O2/c1-2-16-12(15)11-5-10(11)8-6-13-14(7-8)9-3-4-9/h6-7,9-11H,2-5H2,1H3/t10-,11+/m1/s1. The van der Waals surface area contributed by atoms with Crippen LogP contribution in [-0.2, 0) is 9.53 Å². The molecule has 2 aliphatic rings. The molecule has 0 spiro atoms. The first-order chi connectivity index (χ1) is 7.79. The number of carbonyl (C=O) groups excluding carboxylic acids is 1. The zero-order valence-corrected chi connectivity index (χ0v) is 9.43. The van der Waals surface area contributed by atoms with Crippen LogP contribution < -0.4 is 0 Å². The van der Waals surface area contributed by atoms with E-state index in [1.165, 1.54) is 18.4 Å². The molecule has 0 aliphatic heterocycles. The minimum Gasteiger partial charge on any atom is -0.466 e. The second kappa shape index (κ2) is 3.61. The van der Waals surface area contributed by atoms with Gasteiger partial charge in [0, 0.05) is 12.1 Å². The van der Waals surface area contributed by atoms with E-state index >= 15 is 0 Å². The smallest absolute Gasteiger partial charge is 0.309 e. The summed E-state index contributed by atoms with van der Waals surface area (Å²) in [6, 6.07) is 0.619. The zero-order chi connectivity index (χ0) is 11.1. The molecule has 0 unspecified atom stereocenters. The van der Waals surface area contributed by atoms with Crippen LogP contribution in [0.1, 0.15) is 43.7 Å². The maximum Gasteiger partial charge on any atom is 0.309 e. The lowest BCUT2D eigenvalue weighted by Gasteiger charge is -1.99. The summed E-state index contributed by atoms with van der Waals surface area (Å²) in [4.78, 5) is 11.5. The van der Waals surface area contributed by atoms with Gasteiger partial charge in [0.1, 0.15) is 0 Å². The molecule has 86 valence electrons. The third-order valence-corrected chi connectivity index (χ3v) is 3.35. The minimum atomic E-state index is -0.0494. The molecule has 4 nitrogen and oxygen atoms in total. The van der Waals surface area contributed by atoms with Crippen LogP contribution in [0.2, 0.25) is 0 Å². The Morgan fingerprint density at radius 2 is 2.44 bits per heavy atom. The Bertz CT molecular complexity index is 409. The number of nitrogens with zero attached hydrogens (tertiary/aromatic N) is 2. The highest BCUT2D eigenvalue weighted by Gasteiger charge is 2.46. The fraction of sp³-hybridized carbons (Fsp3) is 0.667. The highest BCUT2D eigenvalue weighted by molar-refractivity contribution is 5.77. The van der Waals surface area contributed by atoms with Gasteiger partial charge >= 0.3 is 5.97 Å². The summed E-state index contributed by atoms with van der Waals surface area (Å²) in [5.74, 6) is 0.384. The first kappa shape index (κ1) is 9.87.